The van der Waals surface area contributed by atoms with E-state index in [9.17, 15) is 0 Å². The van der Waals surface area contributed by atoms with Gasteiger partial charge in [-0.05, 0) is 43.9 Å². The molecule has 0 spiro atoms. The highest BCUT2D eigenvalue weighted by atomic mass is 14.9. The Kier molecular flexibility index (Phi) is 3.65. The third-order valence-corrected chi connectivity index (χ3v) is 6.09. The molecule has 4 aliphatic rings. The molecule has 0 amide bonds. The van der Waals surface area contributed by atoms with Crippen molar-refractivity contribution in [2.24, 2.45) is 16.6 Å². The van der Waals surface area contributed by atoms with Crippen molar-refractivity contribution in [3.63, 3.8) is 0 Å². The Morgan fingerprint density at radius 3 is 2.43 bits per heavy atom. The monoisotopic (exact) mass is 290 g/mol. The maximum absolute atomic E-state index is 8.33. The van der Waals surface area contributed by atoms with E-state index in [0.29, 0.717) is 5.41 Å². The molecule has 21 heavy (non-hydrogen) atoms. The molecule has 0 atom stereocenters. The number of nitrogens with one attached hydrogen (secondary N) is 3. The van der Waals surface area contributed by atoms with E-state index in [4.69, 9.17) is 11.1 Å². The lowest BCUT2D eigenvalue weighted by Gasteiger charge is -2.52. The summed E-state index contributed by atoms with van der Waals surface area (Å²) in [5.74, 6) is 0. The summed E-state index contributed by atoms with van der Waals surface area (Å²) in [4.78, 5) is 0. The normalized spacial score (nSPS) is 40.5. The van der Waals surface area contributed by atoms with Crippen LogP contribution in [-0.2, 0) is 0 Å². The summed E-state index contributed by atoms with van der Waals surface area (Å²) < 4.78 is 0. The largest absolute Gasteiger partial charge is 0.390 e. The second-order valence-corrected chi connectivity index (χ2v) is 8.28. The van der Waals surface area contributed by atoms with Crippen molar-refractivity contribution in [1.29, 1.82) is 5.41 Å². The molecule has 2 bridgehead atoms. The van der Waals surface area contributed by atoms with Crippen LogP contribution >= 0.6 is 0 Å². The molecule has 0 aromatic heterocycles. The van der Waals surface area contributed by atoms with Gasteiger partial charge in [0.25, 0.3) is 0 Å². The third kappa shape index (κ3) is 2.88. The molecule has 5 N–H and O–H groups in total. The van der Waals surface area contributed by atoms with E-state index in [2.05, 4.69) is 30.7 Å². The lowest BCUT2D eigenvalue weighted by atomic mass is 9.57. The zero-order chi connectivity index (χ0) is 15.1. The first-order chi connectivity index (χ1) is 9.84. The number of fused-ring (bicyclic) bond motifs is 3. The molecule has 1 aliphatic heterocycles. The Balaban J connectivity index is 1.59. The zero-order valence-electron chi connectivity index (χ0n) is 13.5. The molecule has 4 fully saturated rings. The summed E-state index contributed by atoms with van der Waals surface area (Å²) in [6.45, 7) is 7.02. The van der Waals surface area contributed by atoms with Crippen molar-refractivity contribution < 1.29 is 0 Å². The molecule has 1 heterocycles. The van der Waals surface area contributed by atoms with Gasteiger partial charge in [-0.3, -0.25) is 0 Å². The van der Waals surface area contributed by atoms with Crippen molar-refractivity contribution in [2.75, 3.05) is 19.6 Å². The van der Waals surface area contributed by atoms with E-state index in [1.165, 1.54) is 38.5 Å². The van der Waals surface area contributed by atoms with Crippen molar-refractivity contribution in [2.45, 2.75) is 57.9 Å². The maximum atomic E-state index is 8.33. The van der Waals surface area contributed by atoms with Crippen LogP contribution in [0.5, 0.6) is 0 Å². The zero-order valence-corrected chi connectivity index (χ0v) is 13.5. The standard InChI is InChI=1S/C17H30N4/c1-15(2)11-20-9-13(14(15)18)10-21-12-16-3-6-17(19,7-4-16)8-5-16/h10,18,20-21H,3-9,11-12,19H2,1-2H3/b13-10-,18-14?. The van der Waals surface area contributed by atoms with Crippen molar-refractivity contribution in [3.8, 4) is 0 Å². The van der Waals surface area contributed by atoms with Gasteiger partial charge in [-0.2, -0.15) is 0 Å². The Bertz CT molecular complexity index is 439. The van der Waals surface area contributed by atoms with E-state index < -0.39 is 0 Å². The summed E-state index contributed by atoms with van der Waals surface area (Å²) in [5.41, 5.74) is 8.82. The number of nitrogens with two attached hydrogens (primary N) is 1. The molecule has 118 valence electrons. The predicted molar refractivity (Wildman–Crippen MR) is 87.5 cm³/mol. The van der Waals surface area contributed by atoms with Gasteiger partial charge in [-0.25, -0.2) is 0 Å². The van der Waals surface area contributed by atoms with Crippen LogP contribution in [0.3, 0.4) is 0 Å². The minimum absolute atomic E-state index is 0.0567. The molecule has 4 rings (SSSR count). The summed E-state index contributed by atoms with van der Waals surface area (Å²) in [6, 6.07) is 0. The molecule has 1 saturated heterocycles. The van der Waals surface area contributed by atoms with Gasteiger partial charge in [-0.1, -0.05) is 13.8 Å². The molecule has 3 saturated carbocycles. The van der Waals surface area contributed by atoms with Gasteiger partial charge in [0.15, 0.2) is 0 Å². The summed E-state index contributed by atoms with van der Waals surface area (Å²) in [5, 5.41) is 15.3. The topological polar surface area (TPSA) is 73.9 Å². The Hall–Kier alpha value is -0.870. The highest BCUT2D eigenvalue weighted by Gasteiger charge is 2.46. The van der Waals surface area contributed by atoms with Crippen LogP contribution in [0.2, 0.25) is 0 Å². The van der Waals surface area contributed by atoms with Gasteiger partial charge in [0.1, 0.15) is 0 Å². The first kappa shape index (κ1) is 15.0. The second-order valence-electron chi connectivity index (χ2n) is 8.28. The minimum atomic E-state index is -0.0567. The van der Waals surface area contributed by atoms with Crippen LogP contribution in [0, 0.1) is 16.2 Å². The molecular formula is C17H30N4. The Morgan fingerprint density at radius 1 is 1.19 bits per heavy atom. The molecule has 0 aromatic carbocycles. The van der Waals surface area contributed by atoms with Gasteiger partial charge < -0.3 is 21.8 Å². The van der Waals surface area contributed by atoms with E-state index in [1.54, 1.807) is 0 Å². The lowest BCUT2D eigenvalue weighted by molar-refractivity contribution is 0.0474. The van der Waals surface area contributed by atoms with Crippen molar-refractivity contribution in [1.82, 2.24) is 10.6 Å². The van der Waals surface area contributed by atoms with Crippen LogP contribution in [0.15, 0.2) is 11.8 Å². The van der Waals surface area contributed by atoms with Gasteiger partial charge in [0.05, 0.1) is 0 Å². The average Bonchev–Trinajstić information content (AvgIpc) is 2.45. The van der Waals surface area contributed by atoms with E-state index in [0.717, 1.165) is 30.9 Å². The number of hydrogen-bond donors (Lipinski definition) is 4. The fraction of sp³-hybridized carbons (Fsp3) is 0.824. The van der Waals surface area contributed by atoms with Crippen molar-refractivity contribution in [3.05, 3.63) is 11.8 Å². The SMILES string of the molecule is CC1(C)CNC/C(=C/NCC23CCC(N)(CC2)CC3)C1=N. The van der Waals surface area contributed by atoms with Gasteiger partial charge in [-0.15, -0.1) is 0 Å². The molecule has 0 radical (unpaired) electrons. The van der Waals surface area contributed by atoms with E-state index in [-0.39, 0.29) is 11.0 Å². The van der Waals surface area contributed by atoms with Crippen molar-refractivity contribution >= 4 is 5.71 Å². The second kappa shape index (κ2) is 5.10. The predicted octanol–water partition coefficient (Wildman–Crippen LogP) is 2.16. The van der Waals surface area contributed by atoms with Crippen LogP contribution in [0.4, 0.5) is 0 Å². The first-order valence-electron chi connectivity index (χ1n) is 8.36. The van der Waals surface area contributed by atoms with Gasteiger partial charge >= 0.3 is 0 Å². The quantitative estimate of drug-likeness (QED) is 0.643. The summed E-state index contributed by atoms with van der Waals surface area (Å²) in [6.07, 6.45) is 9.45. The average molecular weight is 290 g/mol. The van der Waals surface area contributed by atoms with E-state index in [1.807, 2.05) is 0 Å². The van der Waals surface area contributed by atoms with Crippen LogP contribution in [0.1, 0.15) is 52.4 Å². The number of rotatable bonds is 3. The molecule has 0 unspecified atom stereocenters. The summed E-state index contributed by atoms with van der Waals surface area (Å²) in [7, 11) is 0. The Morgan fingerprint density at radius 2 is 1.81 bits per heavy atom. The molecule has 3 aliphatic carbocycles. The highest BCUT2D eigenvalue weighted by Crippen LogP contribution is 2.50. The fourth-order valence-corrected chi connectivity index (χ4v) is 4.19. The lowest BCUT2D eigenvalue weighted by Crippen LogP contribution is -2.54. The van der Waals surface area contributed by atoms with Crippen LogP contribution in [0.25, 0.3) is 0 Å². The highest BCUT2D eigenvalue weighted by molar-refractivity contribution is 6.02. The molecular weight excluding hydrogens is 260 g/mol. The minimum Gasteiger partial charge on any atom is -0.390 e. The van der Waals surface area contributed by atoms with Crippen LogP contribution < -0.4 is 16.4 Å². The van der Waals surface area contributed by atoms with Gasteiger partial charge in [0, 0.05) is 48.1 Å². The van der Waals surface area contributed by atoms with Crippen LogP contribution in [-0.4, -0.2) is 30.9 Å². The van der Waals surface area contributed by atoms with Gasteiger partial charge in [0.2, 0.25) is 0 Å². The van der Waals surface area contributed by atoms with E-state index >= 15 is 0 Å². The Labute approximate surface area is 128 Å². The number of hydrogen-bond acceptors (Lipinski definition) is 4. The maximum Gasteiger partial charge on any atom is 0.0442 e. The summed E-state index contributed by atoms with van der Waals surface area (Å²) >= 11 is 0. The number of piperidine rings is 1. The first-order valence-corrected chi connectivity index (χ1v) is 8.36. The third-order valence-electron chi connectivity index (χ3n) is 6.09. The molecule has 4 heteroatoms. The fourth-order valence-electron chi connectivity index (χ4n) is 4.19. The smallest absolute Gasteiger partial charge is 0.0442 e. The molecule has 4 nitrogen and oxygen atoms in total. The molecule has 0 aromatic rings.